The van der Waals surface area contributed by atoms with E-state index in [1.54, 1.807) is 31.2 Å². The lowest BCUT2D eigenvalue weighted by Gasteiger charge is -2.15. The Morgan fingerprint density at radius 1 is 1.06 bits per heavy atom. The third-order valence-electron chi connectivity index (χ3n) is 5.26. The van der Waals surface area contributed by atoms with Crippen LogP contribution in [0.3, 0.4) is 0 Å². The number of halogens is 3. The van der Waals surface area contributed by atoms with Gasteiger partial charge in [-0.15, -0.1) is 0 Å². The van der Waals surface area contributed by atoms with Gasteiger partial charge in [-0.3, -0.25) is 9.69 Å². The Bertz CT molecular complexity index is 1240. The van der Waals surface area contributed by atoms with Gasteiger partial charge in [0.05, 0.1) is 18.0 Å². The number of amides is 1. The fourth-order valence-corrected chi connectivity index (χ4v) is 5.46. The molecule has 0 radical (unpaired) electrons. The molecule has 1 saturated heterocycles. The van der Waals surface area contributed by atoms with Crippen molar-refractivity contribution >= 4 is 67.7 Å². The van der Waals surface area contributed by atoms with E-state index < -0.39 is 0 Å². The highest BCUT2D eigenvalue weighted by atomic mass is 79.9. The average Bonchev–Trinajstić information content (AvgIpc) is 3.07. The van der Waals surface area contributed by atoms with Crippen molar-refractivity contribution in [3.63, 3.8) is 0 Å². The van der Waals surface area contributed by atoms with Crippen LogP contribution in [0.15, 0.2) is 70.1 Å². The number of ether oxygens (including phenoxy) is 2. The van der Waals surface area contributed by atoms with Crippen molar-refractivity contribution < 1.29 is 14.3 Å². The summed E-state index contributed by atoms with van der Waals surface area (Å²) in [5.74, 6) is 1.46. The molecule has 3 aromatic rings. The number of rotatable bonds is 7. The van der Waals surface area contributed by atoms with E-state index in [1.165, 1.54) is 11.8 Å². The molecule has 4 rings (SSSR count). The molecule has 1 atom stereocenters. The third-order valence-corrected chi connectivity index (χ3v) is 7.57. The SMILES string of the molecule is COc1ccc(N=C2S[C@@H](Cc3cc(Br)ccc3OCc3ccc(Cl)cc3Cl)C(=O)N2C)cc1. The van der Waals surface area contributed by atoms with Gasteiger partial charge in [-0.05, 0) is 66.6 Å². The third kappa shape index (κ3) is 5.89. The molecule has 0 aliphatic carbocycles. The average molecular weight is 580 g/mol. The van der Waals surface area contributed by atoms with E-state index in [2.05, 4.69) is 20.9 Å². The monoisotopic (exact) mass is 578 g/mol. The normalized spacial score (nSPS) is 16.9. The number of carbonyl (C=O) groups is 1. The van der Waals surface area contributed by atoms with Crippen LogP contribution < -0.4 is 9.47 Å². The summed E-state index contributed by atoms with van der Waals surface area (Å²) in [4.78, 5) is 19.2. The van der Waals surface area contributed by atoms with Gasteiger partial charge in [0.15, 0.2) is 5.17 Å². The van der Waals surface area contributed by atoms with Crippen LogP contribution in [0.2, 0.25) is 10.0 Å². The van der Waals surface area contributed by atoms with Crippen molar-refractivity contribution in [1.82, 2.24) is 4.90 Å². The summed E-state index contributed by atoms with van der Waals surface area (Å²) in [7, 11) is 3.37. The molecule has 0 spiro atoms. The summed E-state index contributed by atoms with van der Waals surface area (Å²) in [6.45, 7) is 0.292. The number of nitrogens with zero attached hydrogens (tertiary/aromatic N) is 2. The fraction of sp³-hybridized carbons (Fsp3) is 0.200. The van der Waals surface area contributed by atoms with Gasteiger partial charge >= 0.3 is 0 Å². The fourth-order valence-electron chi connectivity index (χ4n) is 3.41. The van der Waals surface area contributed by atoms with Gasteiger partial charge in [-0.25, -0.2) is 4.99 Å². The molecular weight excluding hydrogens is 559 g/mol. The molecule has 0 aromatic heterocycles. The Morgan fingerprint density at radius 3 is 2.53 bits per heavy atom. The number of hydrogen-bond acceptors (Lipinski definition) is 5. The van der Waals surface area contributed by atoms with Crippen molar-refractivity contribution in [3.05, 3.63) is 86.3 Å². The molecule has 1 fully saturated rings. The molecule has 0 saturated carbocycles. The lowest BCUT2D eigenvalue weighted by molar-refractivity contribution is -0.125. The standard InChI is InChI=1S/C25H21BrCl2N2O3S/c1-30-24(31)23(34-25(30)29-19-6-8-20(32-2)9-7-19)12-16-11-17(26)4-10-22(16)33-14-15-3-5-18(27)13-21(15)28/h3-11,13,23H,12,14H2,1-2H3/t23-/m0/s1. The minimum absolute atomic E-state index is 0.00364. The second kappa shape index (κ2) is 11.0. The van der Waals surface area contributed by atoms with Crippen molar-refractivity contribution in [2.24, 2.45) is 4.99 Å². The van der Waals surface area contributed by atoms with E-state index in [1.807, 2.05) is 48.5 Å². The number of thioether (sulfide) groups is 1. The molecule has 1 aliphatic rings. The van der Waals surface area contributed by atoms with Gasteiger partial charge in [0.25, 0.3) is 0 Å². The van der Waals surface area contributed by atoms with E-state index in [4.69, 9.17) is 32.7 Å². The lowest BCUT2D eigenvalue weighted by Crippen LogP contribution is -2.28. The lowest BCUT2D eigenvalue weighted by atomic mass is 10.1. The van der Waals surface area contributed by atoms with Crippen molar-refractivity contribution in [1.29, 1.82) is 0 Å². The van der Waals surface area contributed by atoms with E-state index in [9.17, 15) is 4.79 Å². The van der Waals surface area contributed by atoms with Gasteiger partial charge in [-0.2, -0.15) is 0 Å². The van der Waals surface area contributed by atoms with Gasteiger partial charge in [0.2, 0.25) is 5.91 Å². The van der Waals surface area contributed by atoms with Crippen LogP contribution in [-0.2, 0) is 17.8 Å². The Hall–Kier alpha value is -2.19. The second-order valence-electron chi connectivity index (χ2n) is 7.58. The predicted octanol–water partition coefficient (Wildman–Crippen LogP) is 7.15. The second-order valence-corrected chi connectivity index (χ2v) is 10.5. The van der Waals surface area contributed by atoms with Crippen molar-refractivity contribution in [2.75, 3.05) is 14.2 Å². The molecule has 1 heterocycles. The van der Waals surface area contributed by atoms with Crippen molar-refractivity contribution in [3.8, 4) is 11.5 Å². The Kier molecular flexibility index (Phi) is 8.09. The summed E-state index contributed by atoms with van der Waals surface area (Å²) >= 11 is 17.3. The molecule has 34 heavy (non-hydrogen) atoms. The molecule has 1 aliphatic heterocycles. The number of benzene rings is 3. The summed E-state index contributed by atoms with van der Waals surface area (Å²) in [6, 6.07) is 18.5. The molecular formula is C25H21BrCl2N2O3S. The minimum atomic E-state index is -0.308. The van der Waals surface area contributed by atoms with Crippen molar-refractivity contribution in [2.45, 2.75) is 18.3 Å². The highest BCUT2D eigenvalue weighted by Gasteiger charge is 2.36. The Labute approximate surface area is 221 Å². The van der Waals surface area contributed by atoms with E-state index in [0.29, 0.717) is 34.0 Å². The molecule has 176 valence electrons. The topological polar surface area (TPSA) is 51.1 Å². The molecule has 5 nitrogen and oxygen atoms in total. The maximum Gasteiger partial charge on any atom is 0.242 e. The maximum absolute atomic E-state index is 13.0. The molecule has 0 bridgehead atoms. The van der Waals surface area contributed by atoms with Crippen LogP contribution in [0.1, 0.15) is 11.1 Å². The first-order chi connectivity index (χ1) is 16.3. The zero-order valence-electron chi connectivity index (χ0n) is 18.4. The molecule has 9 heteroatoms. The summed E-state index contributed by atoms with van der Waals surface area (Å²) in [5, 5.41) is 1.48. The maximum atomic E-state index is 13.0. The number of methoxy groups -OCH3 is 1. The zero-order valence-corrected chi connectivity index (χ0v) is 22.3. The number of carbonyl (C=O) groups excluding carboxylic acids is 1. The zero-order chi connectivity index (χ0) is 24.2. The quantitative estimate of drug-likeness (QED) is 0.298. The Balaban J connectivity index is 1.50. The first kappa shape index (κ1) is 24.9. The summed E-state index contributed by atoms with van der Waals surface area (Å²) in [6.07, 6.45) is 0.499. The molecule has 0 N–H and O–H groups in total. The molecule has 3 aromatic carbocycles. The van der Waals surface area contributed by atoms with Crippen LogP contribution in [0.5, 0.6) is 11.5 Å². The van der Waals surface area contributed by atoms with Crippen LogP contribution in [0, 0.1) is 0 Å². The van der Waals surface area contributed by atoms with Crippen LogP contribution in [0.4, 0.5) is 5.69 Å². The minimum Gasteiger partial charge on any atom is -0.497 e. The van der Waals surface area contributed by atoms with E-state index >= 15 is 0 Å². The Morgan fingerprint density at radius 2 is 1.82 bits per heavy atom. The van der Waals surface area contributed by atoms with E-state index in [-0.39, 0.29) is 11.2 Å². The van der Waals surface area contributed by atoms with Crippen LogP contribution >= 0.6 is 50.9 Å². The number of aliphatic imine (C=N–C) groups is 1. The van der Waals surface area contributed by atoms with Gasteiger partial charge in [-0.1, -0.05) is 57.0 Å². The van der Waals surface area contributed by atoms with E-state index in [0.717, 1.165) is 27.0 Å². The van der Waals surface area contributed by atoms with Crippen LogP contribution in [-0.4, -0.2) is 35.4 Å². The smallest absolute Gasteiger partial charge is 0.242 e. The van der Waals surface area contributed by atoms with Gasteiger partial charge in [0.1, 0.15) is 18.1 Å². The van der Waals surface area contributed by atoms with Gasteiger partial charge in [0, 0.05) is 27.1 Å². The first-order valence-corrected chi connectivity index (χ1v) is 12.8. The number of hydrogen-bond donors (Lipinski definition) is 0. The largest absolute Gasteiger partial charge is 0.497 e. The highest BCUT2D eigenvalue weighted by molar-refractivity contribution is 9.10. The van der Waals surface area contributed by atoms with Gasteiger partial charge < -0.3 is 9.47 Å². The predicted molar refractivity (Wildman–Crippen MR) is 143 cm³/mol. The molecule has 1 amide bonds. The van der Waals surface area contributed by atoms with Crippen LogP contribution in [0.25, 0.3) is 0 Å². The highest BCUT2D eigenvalue weighted by Crippen LogP contribution is 2.34. The summed E-state index contributed by atoms with van der Waals surface area (Å²) in [5.41, 5.74) is 2.51. The summed E-state index contributed by atoms with van der Waals surface area (Å²) < 4.78 is 12.2. The first-order valence-electron chi connectivity index (χ1n) is 10.4. The molecule has 0 unspecified atom stereocenters. The number of amidine groups is 1.